The Morgan fingerprint density at radius 2 is 2.00 bits per heavy atom. The van der Waals surface area contributed by atoms with Crippen LogP contribution in [0.25, 0.3) is 0 Å². The van der Waals surface area contributed by atoms with Crippen molar-refractivity contribution < 1.29 is 4.74 Å². The van der Waals surface area contributed by atoms with E-state index < -0.39 is 0 Å². The molecule has 1 atom stereocenters. The summed E-state index contributed by atoms with van der Waals surface area (Å²) in [7, 11) is 2.06. The number of rotatable bonds is 7. The molecule has 19 heavy (non-hydrogen) atoms. The van der Waals surface area contributed by atoms with Gasteiger partial charge in [-0.1, -0.05) is 43.9 Å². The van der Waals surface area contributed by atoms with Gasteiger partial charge in [0.1, 0.15) is 5.75 Å². The van der Waals surface area contributed by atoms with E-state index in [1.165, 1.54) is 44.1 Å². The predicted octanol–water partition coefficient (Wildman–Crippen LogP) is 4.32. The van der Waals surface area contributed by atoms with Crippen molar-refractivity contribution in [2.75, 3.05) is 13.7 Å². The Hall–Kier alpha value is -1.02. The topological polar surface area (TPSA) is 21.3 Å². The van der Waals surface area contributed by atoms with Crippen LogP contribution < -0.4 is 10.1 Å². The maximum atomic E-state index is 5.75. The smallest absolute Gasteiger partial charge is 0.124 e. The third-order valence-electron chi connectivity index (χ3n) is 4.28. The molecular formula is C17H27NO. The fourth-order valence-electron chi connectivity index (χ4n) is 3.21. The molecule has 0 aliphatic heterocycles. The molecule has 1 fully saturated rings. The second-order valence-electron chi connectivity index (χ2n) is 5.54. The summed E-state index contributed by atoms with van der Waals surface area (Å²) in [6, 6.07) is 8.86. The van der Waals surface area contributed by atoms with Crippen molar-refractivity contribution in [2.45, 2.75) is 51.5 Å². The summed E-state index contributed by atoms with van der Waals surface area (Å²) in [5, 5.41) is 3.46. The molecule has 1 aromatic carbocycles. The molecule has 1 N–H and O–H groups in total. The van der Waals surface area contributed by atoms with E-state index in [-0.39, 0.29) is 0 Å². The Morgan fingerprint density at radius 3 is 2.68 bits per heavy atom. The first-order chi connectivity index (χ1) is 9.35. The van der Waals surface area contributed by atoms with E-state index in [9.17, 15) is 0 Å². The number of ether oxygens (including phenoxy) is 1. The van der Waals surface area contributed by atoms with Gasteiger partial charge >= 0.3 is 0 Å². The van der Waals surface area contributed by atoms with Crippen molar-refractivity contribution >= 4 is 0 Å². The minimum Gasteiger partial charge on any atom is -0.494 e. The highest BCUT2D eigenvalue weighted by molar-refractivity contribution is 5.35. The van der Waals surface area contributed by atoms with E-state index in [2.05, 4.69) is 36.6 Å². The summed E-state index contributed by atoms with van der Waals surface area (Å²) in [5.41, 5.74) is 1.31. The van der Waals surface area contributed by atoms with E-state index in [0.717, 1.165) is 18.3 Å². The number of benzene rings is 1. The van der Waals surface area contributed by atoms with Crippen molar-refractivity contribution in [3.8, 4) is 5.75 Å². The summed E-state index contributed by atoms with van der Waals surface area (Å²) in [4.78, 5) is 0. The van der Waals surface area contributed by atoms with Gasteiger partial charge in [-0.3, -0.25) is 0 Å². The average molecular weight is 261 g/mol. The van der Waals surface area contributed by atoms with Crippen molar-refractivity contribution in [1.29, 1.82) is 0 Å². The Labute approximate surface area is 117 Å². The summed E-state index contributed by atoms with van der Waals surface area (Å²) in [5.74, 6) is 1.99. The molecule has 0 saturated heterocycles. The molecule has 0 heterocycles. The zero-order valence-corrected chi connectivity index (χ0v) is 12.3. The molecule has 2 rings (SSSR count). The molecule has 0 spiro atoms. The summed E-state index contributed by atoms with van der Waals surface area (Å²) >= 11 is 0. The van der Waals surface area contributed by atoms with Crippen molar-refractivity contribution in [3.63, 3.8) is 0 Å². The summed E-state index contributed by atoms with van der Waals surface area (Å²) < 4.78 is 5.75. The molecule has 0 aromatic heterocycles. The van der Waals surface area contributed by atoms with E-state index in [1.54, 1.807) is 0 Å². The van der Waals surface area contributed by atoms with Crippen LogP contribution in [0.2, 0.25) is 0 Å². The fraction of sp³-hybridized carbons (Fsp3) is 0.647. The molecule has 106 valence electrons. The Bertz CT molecular complexity index is 371. The first-order valence-electron chi connectivity index (χ1n) is 7.74. The Balaban J connectivity index is 1.99. The molecule has 2 nitrogen and oxygen atoms in total. The first kappa shape index (κ1) is 14.4. The lowest BCUT2D eigenvalue weighted by Gasteiger charge is -2.21. The number of para-hydroxylation sites is 1. The number of nitrogens with one attached hydrogen (secondary N) is 1. The fourth-order valence-corrected chi connectivity index (χ4v) is 3.21. The van der Waals surface area contributed by atoms with Gasteiger partial charge in [0.15, 0.2) is 0 Å². The van der Waals surface area contributed by atoms with Crippen LogP contribution in [0.3, 0.4) is 0 Å². The lowest BCUT2D eigenvalue weighted by atomic mass is 9.94. The van der Waals surface area contributed by atoms with Crippen LogP contribution in [0.5, 0.6) is 5.75 Å². The van der Waals surface area contributed by atoms with Gasteiger partial charge in [0, 0.05) is 11.6 Å². The van der Waals surface area contributed by atoms with Crippen LogP contribution >= 0.6 is 0 Å². The molecular weight excluding hydrogens is 234 g/mol. The van der Waals surface area contributed by atoms with Crippen LogP contribution in [0.4, 0.5) is 0 Å². The standard InChI is InChI=1S/C17H27NO/c1-3-19-17-11-7-6-10-15(17)16(18-2)13-12-14-8-4-5-9-14/h6-7,10-11,14,16,18H,3-5,8-9,12-13H2,1-2H3. The van der Waals surface area contributed by atoms with E-state index >= 15 is 0 Å². The van der Waals surface area contributed by atoms with Gasteiger partial charge in [-0.15, -0.1) is 0 Å². The van der Waals surface area contributed by atoms with Crippen molar-refractivity contribution in [2.24, 2.45) is 5.92 Å². The highest BCUT2D eigenvalue weighted by atomic mass is 16.5. The zero-order chi connectivity index (χ0) is 13.5. The van der Waals surface area contributed by atoms with Crippen molar-refractivity contribution in [3.05, 3.63) is 29.8 Å². The van der Waals surface area contributed by atoms with Gasteiger partial charge in [0.05, 0.1) is 6.61 Å². The lowest BCUT2D eigenvalue weighted by molar-refractivity contribution is 0.328. The minimum atomic E-state index is 0.420. The predicted molar refractivity (Wildman–Crippen MR) is 80.6 cm³/mol. The maximum Gasteiger partial charge on any atom is 0.124 e. The lowest BCUT2D eigenvalue weighted by Crippen LogP contribution is -2.18. The van der Waals surface area contributed by atoms with Gasteiger partial charge in [-0.2, -0.15) is 0 Å². The quantitative estimate of drug-likeness (QED) is 0.789. The molecule has 1 aliphatic rings. The summed E-state index contributed by atoms with van der Waals surface area (Å²) in [6.07, 6.45) is 8.29. The number of hydrogen-bond acceptors (Lipinski definition) is 2. The highest BCUT2D eigenvalue weighted by Crippen LogP contribution is 2.33. The van der Waals surface area contributed by atoms with Crippen LogP contribution in [0.1, 0.15) is 57.1 Å². The third kappa shape index (κ3) is 3.97. The molecule has 1 aromatic rings. The Morgan fingerprint density at radius 1 is 1.26 bits per heavy atom. The van der Waals surface area contributed by atoms with Gasteiger partial charge < -0.3 is 10.1 Å². The summed E-state index contributed by atoms with van der Waals surface area (Å²) in [6.45, 7) is 2.78. The van der Waals surface area contributed by atoms with Crippen LogP contribution in [-0.2, 0) is 0 Å². The third-order valence-corrected chi connectivity index (χ3v) is 4.28. The van der Waals surface area contributed by atoms with Crippen LogP contribution in [-0.4, -0.2) is 13.7 Å². The van der Waals surface area contributed by atoms with Gasteiger partial charge in [0.25, 0.3) is 0 Å². The van der Waals surface area contributed by atoms with Gasteiger partial charge in [0.2, 0.25) is 0 Å². The molecule has 2 heteroatoms. The monoisotopic (exact) mass is 261 g/mol. The largest absolute Gasteiger partial charge is 0.494 e. The van der Waals surface area contributed by atoms with E-state index in [1.807, 2.05) is 6.92 Å². The minimum absolute atomic E-state index is 0.420. The van der Waals surface area contributed by atoms with Gasteiger partial charge in [-0.25, -0.2) is 0 Å². The van der Waals surface area contributed by atoms with Gasteiger partial charge in [-0.05, 0) is 38.8 Å². The average Bonchev–Trinajstić information content (AvgIpc) is 2.95. The SMILES string of the molecule is CCOc1ccccc1C(CCC1CCCC1)NC. The molecule has 1 unspecified atom stereocenters. The second-order valence-corrected chi connectivity index (χ2v) is 5.54. The van der Waals surface area contributed by atoms with E-state index in [0.29, 0.717) is 6.04 Å². The normalized spacial score (nSPS) is 17.6. The molecule has 1 saturated carbocycles. The van der Waals surface area contributed by atoms with Crippen LogP contribution in [0, 0.1) is 5.92 Å². The van der Waals surface area contributed by atoms with Crippen LogP contribution in [0.15, 0.2) is 24.3 Å². The zero-order valence-electron chi connectivity index (χ0n) is 12.3. The Kier molecular flexibility index (Phi) is 5.71. The van der Waals surface area contributed by atoms with E-state index in [4.69, 9.17) is 4.74 Å². The second kappa shape index (κ2) is 7.54. The molecule has 0 radical (unpaired) electrons. The molecule has 0 bridgehead atoms. The van der Waals surface area contributed by atoms with Crippen molar-refractivity contribution in [1.82, 2.24) is 5.32 Å². The highest BCUT2D eigenvalue weighted by Gasteiger charge is 2.19. The molecule has 0 amide bonds. The number of hydrogen-bond donors (Lipinski definition) is 1. The maximum absolute atomic E-state index is 5.75. The molecule has 1 aliphatic carbocycles. The first-order valence-corrected chi connectivity index (χ1v) is 7.74.